The molecule has 2 rings (SSSR count). The van der Waals surface area contributed by atoms with Gasteiger partial charge < -0.3 is 9.84 Å². The lowest BCUT2D eigenvalue weighted by atomic mass is 9.94. The number of alkyl halides is 1. The van der Waals surface area contributed by atoms with E-state index in [9.17, 15) is 5.11 Å². The van der Waals surface area contributed by atoms with Gasteiger partial charge in [-0.05, 0) is 24.8 Å². The zero-order chi connectivity index (χ0) is 11.4. The maximum atomic E-state index is 9.63. The lowest BCUT2D eigenvalue weighted by Gasteiger charge is -2.31. The van der Waals surface area contributed by atoms with Crippen LogP contribution in [0.2, 0.25) is 0 Å². The first-order valence-electron chi connectivity index (χ1n) is 5.75. The highest BCUT2D eigenvalue weighted by Gasteiger charge is 2.30. The van der Waals surface area contributed by atoms with Crippen LogP contribution in [-0.4, -0.2) is 22.7 Å². The molecule has 2 nitrogen and oxygen atoms in total. The van der Waals surface area contributed by atoms with Crippen LogP contribution in [0.1, 0.15) is 24.8 Å². The second kappa shape index (κ2) is 5.67. The van der Waals surface area contributed by atoms with E-state index in [1.807, 2.05) is 30.3 Å². The second-order valence-electron chi connectivity index (χ2n) is 4.28. The number of ether oxygens (including phenoxy) is 1. The first-order chi connectivity index (χ1) is 7.77. The maximum absolute atomic E-state index is 9.63. The summed E-state index contributed by atoms with van der Waals surface area (Å²) in [6.07, 6.45) is 2.28. The van der Waals surface area contributed by atoms with E-state index >= 15 is 0 Å². The highest BCUT2D eigenvalue weighted by molar-refractivity contribution is 6.21. The number of aliphatic hydroxyl groups is 1. The van der Waals surface area contributed by atoms with Crippen molar-refractivity contribution in [2.75, 3.05) is 0 Å². The third-order valence-electron chi connectivity index (χ3n) is 3.02. The van der Waals surface area contributed by atoms with Gasteiger partial charge in [0.1, 0.15) is 0 Å². The SMILES string of the molecule is O[C@H]1CCCC(OCc2ccccc2)C1Cl. The van der Waals surface area contributed by atoms with Gasteiger partial charge in [0.15, 0.2) is 0 Å². The van der Waals surface area contributed by atoms with Crippen LogP contribution in [0.15, 0.2) is 30.3 Å². The lowest BCUT2D eigenvalue weighted by molar-refractivity contribution is -0.0187. The molecule has 1 aliphatic rings. The normalized spacial score (nSPS) is 30.2. The molecule has 3 atom stereocenters. The van der Waals surface area contributed by atoms with Crippen LogP contribution in [0.5, 0.6) is 0 Å². The minimum absolute atomic E-state index is 0.0226. The number of hydrogen-bond acceptors (Lipinski definition) is 2. The Bertz CT molecular complexity index is 315. The van der Waals surface area contributed by atoms with E-state index in [4.69, 9.17) is 16.3 Å². The van der Waals surface area contributed by atoms with Crippen molar-refractivity contribution in [2.45, 2.75) is 43.5 Å². The maximum Gasteiger partial charge on any atom is 0.0856 e. The van der Waals surface area contributed by atoms with Crippen LogP contribution < -0.4 is 0 Å². The fourth-order valence-corrected chi connectivity index (χ4v) is 2.37. The summed E-state index contributed by atoms with van der Waals surface area (Å²) in [5.41, 5.74) is 1.14. The summed E-state index contributed by atoms with van der Waals surface area (Å²) in [7, 11) is 0. The first kappa shape index (κ1) is 11.9. The minimum atomic E-state index is -0.420. The molecule has 1 aromatic carbocycles. The fraction of sp³-hybridized carbons (Fsp3) is 0.538. The summed E-state index contributed by atoms with van der Waals surface area (Å²) in [6, 6.07) is 10.0. The summed E-state index contributed by atoms with van der Waals surface area (Å²) in [4.78, 5) is 0. The van der Waals surface area contributed by atoms with Gasteiger partial charge >= 0.3 is 0 Å². The quantitative estimate of drug-likeness (QED) is 0.824. The summed E-state index contributed by atoms with van der Waals surface area (Å²) < 4.78 is 5.76. The molecule has 88 valence electrons. The topological polar surface area (TPSA) is 29.5 Å². The molecular formula is C13H17ClO2. The Morgan fingerprint density at radius 2 is 2.00 bits per heavy atom. The molecule has 1 saturated carbocycles. The first-order valence-corrected chi connectivity index (χ1v) is 6.18. The molecule has 0 spiro atoms. The molecule has 1 aromatic rings. The number of rotatable bonds is 3. The summed E-state index contributed by atoms with van der Waals surface area (Å²) >= 11 is 6.12. The Kier molecular flexibility index (Phi) is 4.22. The average Bonchev–Trinajstić information content (AvgIpc) is 2.32. The van der Waals surface area contributed by atoms with Crippen molar-refractivity contribution in [3.05, 3.63) is 35.9 Å². The van der Waals surface area contributed by atoms with E-state index in [1.54, 1.807) is 0 Å². The Morgan fingerprint density at radius 3 is 2.75 bits per heavy atom. The number of benzene rings is 1. The second-order valence-corrected chi connectivity index (χ2v) is 4.78. The summed E-state index contributed by atoms with van der Waals surface area (Å²) in [5, 5.41) is 9.37. The molecule has 16 heavy (non-hydrogen) atoms. The van der Waals surface area contributed by atoms with Crippen LogP contribution in [-0.2, 0) is 11.3 Å². The van der Waals surface area contributed by atoms with E-state index < -0.39 is 6.10 Å². The minimum Gasteiger partial charge on any atom is -0.391 e. The molecule has 1 aliphatic carbocycles. The van der Waals surface area contributed by atoms with Crippen molar-refractivity contribution in [3.63, 3.8) is 0 Å². The van der Waals surface area contributed by atoms with Gasteiger partial charge in [-0.3, -0.25) is 0 Å². The number of aliphatic hydroxyl groups excluding tert-OH is 1. The zero-order valence-electron chi connectivity index (χ0n) is 9.18. The van der Waals surface area contributed by atoms with E-state index in [2.05, 4.69) is 0 Å². The molecule has 0 aromatic heterocycles. The predicted molar refractivity (Wildman–Crippen MR) is 64.5 cm³/mol. The van der Waals surface area contributed by atoms with Gasteiger partial charge in [-0.2, -0.15) is 0 Å². The molecule has 1 fully saturated rings. The number of halogens is 1. The molecule has 0 bridgehead atoms. The average molecular weight is 241 g/mol. The molecule has 0 aliphatic heterocycles. The molecule has 0 amide bonds. The Balaban J connectivity index is 1.85. The van der Waals surface area contributed by atoms with Crippen molar-refractivity contribution in [1.82, 2.24) is 0 Å². The summed E-state index contributed by atoms with van der Waals surface area (Å²) in [5.74, 6) is 0. The highest BCUT2D eigenvalue weighted by Crippen LogP contribution is 2.26. The third kappa shape index (κ3) is 2.97. The fourth-order valence-electron chi connectivity index (χ4n) is 2.05. The molecule has 3 heteroatoms. The summed E-state index contributed by atoms with van der Waals surface area (Å²) in [6.45, 7) is 0.571. The third-order valence-corrected chi connectivity index (χ3v) is 3.59. The predicted octanol–water partition coefficient (Wildman–Crippen LogP) is 2.72. The highest BCUT2D eigenvalue weighted by atomic mass is 35.5. The smallest absolute Gasteiger partial charge is 0.0856 e. The Morgan fingerprint density at radius 1 is 1.25 bits per heavy atom. The van der Waals surface area contributed by atoms with Gasteiger partial charge in [-0.15, -0.1) is 11.6 Å². The van der Waals surface area contributed by atoms with Crippen LogP contribution in [0, 0.1) is 0 Å². The molecule has 0 saturated heterocycles. The molecule has 0 heterocycles. The Labute approximate surface area is 101 Å². The van der Waals surface area contributed by atoms with Crippen molar-refractivity contribution in [1.29, 1.82) is 0 Å². The lowest BCUT2D eigenvalue weighted by Crippen LogP contribution is -2.38. The molecule has 2 unspecified atom stereocenters. The van der Waals surface area contributed by atoms with Crippen molar-refractivity contribution in [2.24, 2.45) is 0 Å². The van der Waals surface area contributed by atoms with Crippen LogP contribution in [0.25, 0.3) is 0 Å². The Hall–Kier alpha value is -0.570. The van der Waals surface area contributed by atoms with Gasteiger partial charge in [0.2, 0.25) is 0 Å². The molecular weight excluding hydrogens is 224 g/mol. The van der Waals surface area contributed by atoms with Gasteiger partial charge in [-0.25, -0.2) is 0 Å². The van der Waals surface area contributed by atoms with Crippen molar-refractivity contribution in [3.8, 4) is 0 Å². The van der Waals surface area contributed by atoms with E-state index in [1.165, 1.54) is 0 Å². The van der Waals surface area contributed by atoms with Gasteiger partial charge in [0.05, 0.1) is 24.2 Å². The standard InChI is InChI=1S/C13H17ClO2/c14-13-11(15)7-4-8-12(13)16-9-10-5-2-1-3-6-10/h1-3,5-6,11-13,15H,4,7-9H2/t11-,12?,13?/m0/s1. The van der Waals surface area contributed by atoms with E-state index in [-0.39, 0.29) is 11.5 Å². The monoisotopic (exact) mass is 240 g/mol. The van der Waals surface area contributed by atoms with Gasteiger partial charge in [-0.1, -0.05) is 30.3 Å². The van der Waals surface area contributed by atoms with Crippen molar-refractivity contribution >= 4 is 11.6 Å². The molecule has 1 N–H and O–H groups in total. The molecule has 0 radical (unpaired) electrons. The van der Waals surface area contributed by atoms with E-state index in [0.29, 0.717) is 6.61 Å². The van der Waals surface area contributed by atoms with Crippen molar-refractivity contribution < 1.29 is 9.84 Å². The van der Waals surface area contributed by atoms with Crippen LogP contribution in [0.3, 0.4) is 0 Å². The van der Waals surface area contributed by atoms with Gasteiger partial charge in [0, 0.05) is 0 Å². The van der Waals surface area contributed by atoms with E-state index in [0.717, 1.165) is 24.8 Å². The largest absolute Gasteiger partial charge is 0.391 e. The number of hydrogen-bond donors (Lipinski definition) is 1. The van der Waals surface area contributed by atoms with Crippen LogP contribution in [0.4, 0.5) is 0 Å². The van der Waals surface area contributed by atoms with Crippen LogP contribution >= 0.6 is 11.6 Å². The van der Waals surface area contributed by atoms with Gasteiger partial charge in [0.25, 0.3) is 0 Å². The zero-order valence-corrected chi connectivity index (χ0v) is 9.94.